The summed E-state index contributed by atoms with van der Waals surface area (Å²) in [6, 6.07) is -4.17. The van der Waals surface area contributed by atoms with E-state index in [9.17, 15) is 150 Å². The molecule has 0 amide bonds. The number of esters is 3. The summed E-state index contributed by atoms with van der Waals surface area (Å²) in [4.78, 5) is 34.1. The minimum Gasteiger partial charge on any atom is -0.456 e. The SMILES string of the molecule is C=C(C)C(=O)OCC(F)(F)C(F)(F)C(F)(F)C(F)(F)CCO[Si](CCC(F)(F)C(F)(F)C(F)(F)C(F)(F)C(F)(F)C(F)(F)F)(OCC(F)(F)C(F)(F)C(F)(F)C(F)(F)COC(=O)C(=C)C)OCC(F)(F)C(F)(F)C(F)(F)C(F)(F)COC(=O)C(=C)C. The lowest BCUT2D eigenvalue weighted by Gasteiger charge is -2.41. The summed E-state index contributed by atoms with van der Waals surface area (Å²) in [5.74, 6) is -143. The number of hydrogen-bond donors (Lipinski definition) is 0. The Morgan fingerprint density at radius 2 is 0.500 bits per heavy atom. The van der Waals surface area contributed by atoms with Crippen molar-refractivity contribution in [2.45, 2.75) is 147 Å². The van der Waals surface area contributed by atoms with Crippen molar-refractivity contribution >= 4 is 26.7 Å². The minimum atomic E-state index is -9.12. The number of ether oxygens (including phenoxy) is 3. The largest absolute Gasteiger partial charge is 0.501 e. The molecule has 0 aliphatic carbocycles. The van der Waals surface area contributed by atoms with Crippen LogP contribution in [0, 0.1) is 0 Å². The normalized spacial score (nSPS) is 15.3. The number of rotatable bonds is 35. The molecule has 506 valence electrons. The third-order valence-corrected chi connectivity index (χ3v) is 13.2. The van der Waals surface area contributed by atoms with Crippen LogP contribution in [0.25, 0.3) is 0 Å². The third kappa shape index (κ3) is 14.9. The van der Waals surface area contributed by atoms with Gasteiger partial charge in [-0.3, -0.25) is 0 Å². The Labute approximate surface area is 454 Å². The summed E-state index contributed by atoms with van der Waals surface area (Å²) in [6.07, 6.45) is -16.9. The van der Waals surface area contributed by atoms with E-state index in [0.29, 0.717) is 20.8 Å². The molecule has 0 spiro atoms. The van der Waals surface area contributed by atoms with E-state index in [0.717, 1.165) is 0 Å². The lowest BCUT2D eigenvalue weighted by Crippen LogP contribution is -2.70. The Balaban J connectivity index is 8.81. The third-order valence-electron chi connectivity index (χ3n) is 10.6. The fourth-order valence-corrected chi connectivity index (χ4v) is 7.69. The molecular weight excluding hydrogens is 1340 g/mol. The molecule has 9 nitrogen and oxygen atoms in total. The molecule has 0 bridgehead atoms. The van der Waals surface area contributed by atoms with Gasteiger partial charge in [0.25, 0.3) is 0 Å². The second kappa shape index (κ2) is 24.8. The lowest BCUT2D eigenvalue weighted by atomic mass is 9.93. The van der Waals surface area contributed by atoms with Crippen LogP contribution in [0.3, 0.4) is 0 Å². The fourth-order valence-electron chi connectivity index (χ4n) is 5.17. The molecule has 0 N–H and O–H groups in total. The zero-order chi connectivity index (χ0) is 69.6. The van der Waals surface area contributed by atoms with Crippen molar-refractivity contribution < 1.29 is 204 Å². The Morgan fingerprint density at radius 1 is 0.291 bits per heavy atom. The van der Waals surface area contributed by atoms with Crippen molar-refractivity contribution in [3.63, 3.8) is 0 Å². The highest BCUT2D eigenvalue weighted by Gasteiger charge is 2.91. The molecule has 0 aliphatic heterocycles. The molecule has 0 unspecified atom stereocenters. The highest BCUT2D eigenvalue weighted by Crippen LogP contribution is 2.62. The van der Waals surface area contributed by atoms with E-state index >= 15 is 26.3 Å². The van der Waals surface area contributed by atoms with E-state index in [1.807, 2.05) is 0 Å². The van der Waals surface area contributed by atoms with E-state index in [1.165, 1.54) is 0 Å². The predicted molar refractivity (Wildman–Crippen MR) is 205 cm³/mol. The Hall–Kier alpha value is -4.86. The van der Waals surface area contributed by atoms with E-state index in [1.54, 1.807) is 0 Å². The molecule has 0 saturated carbocycles. The topological polar surface area (TPSA) is 107 Å². The van der Waals surface area contributed by atoms with Crippen LogP contribution < -0.4 is 0 Å². The van der Waals surface area contributed by atoms with Gasteiger partial charge < -0.3 is 27.5 Å². The van der Waals surface area contributed by atoms with Crippen molar-refractivity contribution in [3.8, 4) is 0 Å². The lowest BCUT2D eigenvalue weighted by molar-refractivity contribution is -0.440. The zero-order valence-corrected chi connectivity index (χ0v) is 42.6. The molecule has 47 heteroatoms. The average Bonchev–Trinajstić information content (AvgIpc) is 0.930. The van der Waals surface area contributed by atoms with E-state index < -0.39 is 209 Å². The van der Waals surface area contributed by atoms with Gasteiger partial charge in [0.05, 0.1) is 0 Å². The van der Waals surface area contributed by atoms with Gasteiger partial charge in [-0.2, -0.15) is 162 Å². The van der Waals surface area contributed by atoms with Gasteiger partial charge in [0.2, 0.25) is 0 Å². The standard InChI is InChI=1S/C39H33F37O9Si/c1-16(2)19(77)80-11-24(44,45)31(58,59)29(54,55)22(40,41)7-9-83-86(10-8-23(42,43)30(56,57)36(68,69)37(70,71)38(72,73)39(74,75)76,84-14-27(50,51)34(64,65)32(60,61)25(46,47)12-81-20(78)17(3)4)85-15-28(52,53)35(66,67)33(62,63)26(48,49)13-82-21(79)18(5)6/h1,3,5,7-15H2,2,4,6H3. The van der Waals surface area contributed by atoms with Crippen molar-refractivity contribution in [1.29, 1.82) is 0 Å². The maximum Gasteiger partial charge on any atom is 0.501 e. The maximum atomic E-state index is 15.2. The summed E-state index contributed by atoms with van der Waals surface area (Å²) in [7, 11) is -8.81. The number of alkyl halides is 37. The number of hydrogen-bond acceptors (Lipinski definition) is 9. The van der Waals surface area contributed by atoms with Crippen molar-refractivity contribution in [3.05, 3.63) is 36.5 Å². The first-order valence-corrected chi connectivity index (χ1v) is 23.1. The quantitative estimate of drug-likeness (QED) is 0.0202. The second-order valence-electron chi connectivity index (χ2n) is 17.6. The van der Waals surface area contributed by atoms with Gasteiger partial charge in [-0.1, -0.05) is 19.7 Å². The maximum absolute atomic E-state index is 15.2. The molecular formula is C39H33F37O9Si. The van der Waals surface area contributed by atoms with Crippen LogP contribution in [0.5, 0.6) is 0 Å². The summed E-state index contributed by atoms with van der Waals surface area (Å²) in [6.45, 7) is -14.4. The van der Waals surface area contributed by atoms with Gasteiger partial charge in [-0.15, -0.1) is 0 Å². The molecule has 0 saturated heterocycles. The monoisotopic (exact) mass is 1380 g/mol. The summed E-state index contributed by atoms with van der Waals surface area (Å²) < 4.78 is 556. The number of carbonyl (C=O) groups excluding carboxylic acids is 3. The van der Waals surface area contributed by atoms with E-state index in [2.05, 4.69) is 47.2 Å². The minimum absolute atomic E-state index is 0.457. The van der Waals surface area contributed by atoms with Crippen molar-refractivity contribution in [1.82, 2.24) is 0 Å². The molecule has 0 aliphatic rings. The predicted octanol–water partition coefficient (Wildman–Crippen LogP) is 14.5. The first kappa shape index (κ1) is 81.1. The molecule has 0 aromatic carbocycles. The van der Waals surface area contributed by atoms with Crippen LogP contribution in [0.1, 0.15) is 33.6 Å². The van der Waals surface area contributed by atoms with Crippen LogP contribution in [-0.2, 0) is 41.9 Å². The van der Waals surface area contributed by atoms with Gasteiger partial charge in [0, 0.05) is 42.2 Å². The Morgan fingerprint density at radius 3 is 0.744 bits per heavy atom. The fraction of sp³-hybridized carbons (Fsp3) is 0.769. The molecule has 0 rings (SSSR count). The molecule has 0 radical (unpaired) electrons. The second-order valence-corrected chi connectivity index (χ2v) is 20.3. The molecule has 86 heavy (non-hydrogen) atoms. The van der Waals surface area contributed by atoms with Gasteiger partial charge in [0.1, 0.15) is 13.2 Å². The van der Waals surface area contributed by atoms with Crippen LogP contribution >= 0.6 is 0 Å². The Bertz CT molecular complexity index is 2370. The van der Waals surface area contributed by atoms with Gasteiger partial charge in [-0.25, -0.2) is 14.4 Å². The van der Waals surface area contributed by atoms with Crippen LogP contribution in [0.15, 0.2) is 36.5 Å². The molecule has 0 fully saturated rings. The molecule has 0 aromatic heterocycles. The zero-order valence-electron chi connectivity index (χ0n) is 41.6. The highest BCUT2D eigenvalue weighted by atomic mass is 28.4. The van der Waals surface area contributed by atoms with Crippen LogP contribution in [0.2, 0.25) is 6.04 Å². The first-order valence-electron chi connectivity index (χ1n) is 21.2. The Kier molecular flexibility index (Phi) is 23.4. The van der Waals surface area contributed by atoms with E-state index in [-0.39, 0.29) is 0 Å². The van der Waals surface area contributed by atoms with Gasteiger partial charge >= 0.3 is 134 Å². The summed E-state index contributed by atoms with van der Waals surface area (Å²) in [5.41, 5.74) is -3.33. The van der Waals surface area contributed by atoms with E-state index in [4.69, 9.17) is 0 Å². The number of carbonyl (C=O) groups is 3. The molecule has 0 aromatic rings. The molecule has 0 atom stereocenters. The summed E-state index contributed by atoms with van der Waals surface area (Å²) in [5, 5.41) is 0. The van der Waals surface area contributed by atoms with Crippen molar-refractivity contribution in [2.75, 3.05) is 39.6 Å². The average molecular weight is 1380 g/mol. The highest BCUT2D eigenvalue weighted by molar-refractivity contribution is 6.60. The number of halogens is 37. The van der Waals surface area contributed by atoms with Crippen LogP contribution in [0.4, 0.5) is 162 Å². The van der Waals surface area contributed by atoms with Gasteiger partial charge in [-0.05, 0) is 20.8 Å². The van der Waals surface area contributed by atoms with Gasteiger partial charge in [0.15, 0.2) is 19.8 Å². The first-order chi connectivity index (χ1) is 37.3. The van der Waals surface area contributed by atoms with Crippen LogP contribution in [-0.4, -0.2) is 173 Å². The summed E-state index contributed by atoms with van der Waals surface area (Å²) >= 11 is 0. The molecule has 0 heterocycles. The van der Waals surface area contributed by atoms with Crippen molar-refractivity contribution in [2.24, 2.45) is 0 Å². The smallest absolute Gasteiger partial charge is 0.456 e.